The minimum absolute atomic E-state index is 0.00531. The van der Waals surface area contributed by atoms with Gasteiger partial charge >= 0.3 is 5.97 Å². The molecular weight excluding hydrogens is 773 g/mol. The predicted molar refractivity (Wildman–Crippen MR) is 212 cm³/mol. The first kappa shape index (κ1) is 38.7. The molecule has 5 aromatic carbocycles. The van der Waals surface area contributed by atoms with E-state index in [9.17, 15) is 45.7 Å². The molecule has 3 N–H and O–H groups in total. The van der Waals surface area contributed by atoms with Gasteiger partial charge < -0.3 is 15.2 Å². The number of benzene rings is 5. The highest BCUT2D eigenvalue weighted by Gasteiger charge is 2.31. The number of carbonyl (C=O) groups excluding carboxylic acids is 2. The second-order valence-electron chi connectivity index (χ2n) is 13.0. The van der Waals surface area contributed by atoms with E-state index in [0.29, 0.717) is 0 Å². The van der Waals surface area contributed by atoms with Crippen molar-refractivity contribution < 1.29 is 40.8 Å². The Labute approximate surface area is 324 Å². The number of rotatable bonds is 12. The van der Waals surface area contributed by atoms with Gasteiger partial charge in [-0.05, 0) is 49.1 Å². The lowest BCUT2D eigenvalue weighted by Gasteiger charge is -2.16. The molecule has 1 aliphatic carbocycles. The van der Waals surface area contributed by atoms with Crippen LogP contribution in [0.25, 0.3) is 27.4 Å². The highest BCUT2D eigenvalue weighted by atomic mass is 32.2. The van der Waals surface area contributed by atoms with Gasteiger partial charge in [0.15, 0.2) is 21.0 Å². The number of aliphatic hydroxyl groups is 1. The number of Topliss-reactive ketones (excluding diaryl/α,β-unsaturated/α-hetero) is 1. The van der Waals surface area contributed by atoms with Gasteiger partial charge in [-0.1, -0.05) is 84.9 Å². The number of aromatic nitrogens is 1. The second-order valence-corrected chi connectivity index (χ2v) is 16.5. The molecule has 1 unspecified atom stereocenters. The Morgan fingerprint density at radius 2 is 1.39 bits per heavy atom. The highest BCUT2D eigenvalue weighted by Crippen LogP contribution is 2.32. The number of hydrogen-bond acceptors (Lipinski definition) is 12. The number of nitrogens with one attached hydrogen (secondary N) is 1. The Morgan fingerprint density at radius 3 is 2.00 bits per heavy atom. The van der Waals surface area contributed by atoms with Crippen LogP contribution in [-0.2, 0) is 29.5 Å². The molecule has 1 atom stereocenters. The molecule has 57 heavy (non-hydrogen) atoms. The number of nitrogens with zero attached hydrogens (tertiary/aromatic N) is 1. The normalized spacial score (nSPS) is 13.1. The van der Waals surface area contributed by atoms with E-state index in [0.717, 1.165) is 6.07 Å². The van der Waals surface area contributed by atoms with Gasteiger partial charge in [0, 0.05) is 32.6 Å². The quantitative estimate of drug-likeness (QED) is 0.0649. The van der Waals surface area contributed by atoms with Gasteiger partial charge in [-0.15, -0.1) is 0 Å². The zero-order chi connectivity index (χ0) is 40.6. The van der Waals surface area contributed by atoms with Gasteiger partial charge in [0.1, 0.15) is 16.6 Å². The van der Waals surface area contributed by atoms with Gasteiger partial charge in [0.05, 0.1) is 39.1 Å². The molecule has 13 nitrogen and oxygen atoms in total. The van der Waals surface area contributed by atoms with Gasteiger partial charge in [-0.2, -0.15) is 8.42 Å². The van der Waals surface area contributed by atoms with Crippen LogP contribution in [0.3, 0.4) is 0 Å². The predicted octanol–water partition coefficient (Wildman–Crippen LogP) is 4.92. The molecule has 2 aliphatic rings. The molecule has 1 aliphatic heterocycles. The van der Waals surface area contributed by atoms with Gasteiger partial charge in [0.25, 0.3) is 15.7 Å². The van der Waals surface area contributed by atoms with Crippen molar-refractivity contribution in [1.29, 1.82) is 0 Å². The number of ether oxygens (including phenoxy) is 1. The summed E-state index contributed by atoms with van der Waals surface area (Å²) in [5, 5.41) is 14.3. The average molecular weight is 805 g/mol. The lowest BCUT2D eigenvalue weighted by atomic mass is 9.95. The first-order valence-corrected chi connectivity index (χ1v) is 20.6. The van der Waals surface area contributed by atoms with E-state index in [1.807, 2.05) is 0 Å². The van der Waals surface area contributed by atoms with Crippen molar-refractivity contribution in [3.63, 3.8) is 0 Å². The third kappa shape index (κ3) is 7.31. The van der Waals surface area contributed by atoms with Crippen molar-refractivity contribution in [3.8, 4) is 0 Å². The Kier molecular flexibility index (Phi) is 10.3. The number of anilines is 2. The summed E-state index contributed by atoms with van der Waals surface area (Å²) >= 11 is 0. The summed E-state index contributed by atoms with van der Waals surface area (Å²) in [6.07, 6.45) is -0.349. The van der Waals surface area contributed by atoms with Crippen molar-refractivity contribution in [2.45, 2.75) is 23.1 Å². The van der Waals surface area contributed by atoms with E-state index in [4.69, 9.17) is 4.74 Å². The van der Waals surface area contributed by atoms with Crippen LogP contribution in [0.15, 0.2) is 135 Å². The number of esters is 1. The first-order valence-electron chi connectivity index (χ1n) is 17.5. The summed E-state index contributed by atoms with van der Waals surface area (Å²) in [5.74, 6) is -3.82. The summed E-state index contributed by atoms with van der Waals surface area (Å²) in [6, 6.07) is 28.5. The van der Waals surface area contributed by atoms with Crippen molar-refractivity contribution in [2.24, 2.45) is 5.92 Å². The molecule has 0 saturated carbocycles. The molecule has 288 valence electrons. The molecule has 0 spiro atoms. The van der Waals surface area contributed by atoms with Crippen LogP contribution < -0.4 is 21.5 Å². The molecule has 0 aromatic heterocycles. The number of sulfone groups is 1. The van der Waals surface area contributed by atoms with Crippen LogP contribution in [-0.4, -0.2) is 55.6 Å². The molecule has 0 saturated heterocycles. The zero-order valence-corrected chi connectivity index (χ0v) is 31.6. The lowest BCUT2D eigenvalue weighted by Crippen LogP contribution is -2.33. The van der Waals surface area contributed by atoms with E-state index in [2.05, 4.69) is 10.3 Å². The monoisotopic (exact) mass is 804 g/mol. The summed E-state index contributed by atoms with van der Waals surface area (Å²) in [6.45, 7) is 1.57. The number of hydrogen-bond donors (Lipinski definition) is 3. The van der Waals surface area contributed by atoms with Crippen molar-refractivity contribution in [2.75, 3.05) is 17.7 Å². The fourth-order valence-electron chi connectivity index (χ4n) is 6.88. The lowest BCUT2D eigenvalue weighted by molar-refractivity contribution is -0.146. The van der Waals surface area contributed by atoms with Crippen LogP contribution in [0.4, 0.5) is 11.4 Å². The zero-order valence-electron chi connectivity index (χ0n) is 30.0. The number of ketones is 1. The Balaban J connectivity index is 1.34. The van der Waals surface area contributed by atoms with E-state index < -0.39 is 70.5 Å². The molecule has 15 heteroatoms. The second kappa shape index (κ2) is 15.2. The molecule has 0 amide bonds. The summed E-state index contributed by atoms with van der Waals surface area (Å²) in [5.41, 5.74) is -1.54. The minimum Gasteiger partial charge on any atom is -0.506 e. The maximum absolute atomic E-state index is 14.3. The topological polar surface area (TPSA) is 211 Å². The van der Waals surface area contributed by atoms with Crippen LogP contribution in [0.1, 0.15) is 29.3 Å². The first-order chi connectivity index (χ1) is 27.2. The Bertz CT molecular complexity index is 3180. The summed E-state index contributed by atoms with van der Waals surface area (Å²) in [4.78, 5) is 57.0. The third-order valence-electron chi connectivity index (χ3n) is 9.54. The molecule has 0 fully saturated rings. The van der Waals surface area contributed by atoms with Gasteiger partial charge in [-0.25, -0.2) is 13.4 Å². The molecule has 7 rings (SSSR count). The highest BCUT2D eigenvalue weighted by molar-refractivity contribution is 7.91. The van der Waals surface area contributed by atoms with Gasteiger partial charge in [-0.3, -0.25) is 23.7 Å². The van der Waals surface area contributed by atoms with Crippen LogP contribution in [0, 0.1) is 16.4 Å². The molecule has 0 bridgehead atoms. The van der Waals surface area contributed by atoms with E-state index in [1.54, 1.807) is 73.7 Å². The molecule has 1 heterocycles. The molecular formula is C42H32N2O11S2. The van der Waals surface area contributed by atoms with E-state index in [-0.39, 0.29) is 72.2 Å². The largest absolute Gasteiger partial charge is 0.506 e. The van der Waals surface area contributed by atoms with E-state index in [1.165, 1.54) is 42.5 Å². The smallest absolute Gasteiger partial charge is 0.316 e. The van der Waals surface area contributed by atoms with Crippen molar-refractivity contribution in [3.05, 3.63) is 163 Å². The van der Waals surface area contributed by atoms with E-state index >= 15 is 0 Å². The standard InChI is InChI=1S/C42H32N2O11S2/c1-2-55-42(49)30(38(45)24-11-5-3-6-12-24)21-22-56(50,51)27-19-17-26(18-20-27)43-31-23-32(57(52,53)54)37-35-33(28-15-9-10-16-29(28)40(47)34(31)35)36(41(48)44-37)39(46)25-13-7-4-8-14-25/h3-20,23,30,43,46H,2,21-22H2,1H3,(H,52,53,54). The summed E-state index contributed by atoms with van der Waals surface area (Å²) in [7, 11) is -9.16. The SMILES string of the molecule is CCOC(=O)C(CCS(=O)(=O)c1ccc(Nc2cc(S(=O)(=O)O)c3nc(=O)c(=C(O)c4ccccc4)c4c5ccccc5c(=O)c2c3=4)cc1)C(=O)c1ccccc1. The maximum Gasteiger partial charge on any atom is 0.316 e. The van der Waals surface area contributed by atoms with Gasteiger partial charge in [0.2, 0.25) is 0 Å². The van der Waals surface area contributed by atoms with Crippen LogP contribution >= 0.6 is 0 Å². The number of fused-ring (bicyclic) bond motifs is 2. The minimum atomic E-state index is -5.09. The average Bonchev–Trinajstić information content (AvgIpc) is 3.20. The van der Waals surface area contributed by atoms with Crippen LogP contribution in [0.2, 0.25) is 0 Å². The number of carbonyl (C=O) groups is 2. The molecule has 0 radical (unpaired) electrons. The van der Waals surface area contributed by atoms with Crippen LogP contribution in [0.5, 0.6) is 0 Å². The fraction of sp³-hybridized carbons (Fsp3) is 0.119. The molecule has 5 aromatic rings. The van der Waals surface area contributed by atoms with Crippen molar-refractivity contribution in [1.82, 2.24) is 4.98 Å². The third-order valence-corrected chi connectivity index (χ3v) is 12.2. The van der Waals surface area contributed by atoms with Crippen molar-refractivity contribution >= 4 is 70.5 Å². The fourth-order valence-corrected chi connectivity index (χ4v) is 8.87. The maximum atomic E-state index is 14.3. The summed E-state index contributed by atoms with van der Waals surface area (Å²) < 4.78 is 68.2. The number of aliphatic hydroxyl groups excluding tert-OH is 1. The Morgan fingerprint density at radius 1 is 0.789 bits per heavy atom. The Hall–Kier alpha value is -6.55.